The second kappa shape index (κ2) is 10.2. The summed E-state index contributed by atoms with van der Waals surface area (Å²) in [6.07, 6.45) is 1.31. The van der Waals surface area contributed by atoms with Crippen LogP contribution in [0.3, 0.4) is 0 Å². The number of nitrogens with one attached hydrogen (secondary N) is 1. The number of pyridine rings is 1. The summed E-state index contributed by atoms with van der Waals surface area (Å²) in [6.45, 7) is 8.46. The van der Waals surface area contributed by atoms with E-state index in [0.29, 0.717) is 23.4 Å². The molecule has 8 heteroatoms. The number of sulfone groups is 1. The zero-order valence-corrected chi connectivity index (χ0v) is 21.8. The van der Waals surface area contributed by atoms with Crippen molar-refractivity contribution in [1.29, 1.82) is 0 Å². The summed E-state index contributed by atoms with van der Waals surface area (Å²) in [4.78, 5) is 32.5. The molecule has 1 aliphatic heterocycles. The van der Waals surface area contributed by atoms with Crippen LogP contribution in [-0.4, -0.2) is 35.9 Å². The molecule has 0 saturated heterocycles. The number of hydrogen-bond acceptors (Lipinski definition) is 5. The van der Waals surface area contributed by atoms with Crippen molar-refractivity contribution >= 4 is 21.7 Å². The van der Waals surface area contributed by atoms with E-state index < -0.39 is 9.84 Å². The first-order valence-electron chi connectivity index (χ1n) is 12.1. The van der Waals surface area contributed by atoms with Gasteiger partial charge in [-0.15, -0.1) is 0 Å². The number of aryl methyl sites for hydroxylation is 1. The van der Waals surface area contributed by atoms with Gasteiger partial charge in [0.2, 0.25) is 0 Å². The topological polar surface area (TPSA) is 96.4 Å². The third-order valence-corrected chi connectivity index (χ3v) is 8.25. The van der Waals surface area contributed by atoms with Gasteiger partial charge in [0.05, 0.1) is 28.9 Å². The fourth-order valence-corrected chi connectivity index (χ4v) is 5.33. The fourth-order valence-electron chi connectivity index (χ4n) is 4.51. The molecule has 0 fully saturated rings. The van der Waals surface area contributed by atoms with E-state index in [2.05, 4.69) is 24.1 Å². The van der Waals surface area contributed by atoms with E-state index in [9.17, 15) is 18.0 Å². The summed E-state index contributed by atoms with van der Waals surface area (Å²) in [7, 11) is -3.32. The summed E-state index contributed by atoms with van der Waals surface area (Å²) >= 11 is 0. The third-order valence-electron chi connectivity index (χ3n) is 6.53. The van der Waals surface area contributed by atoms with E-state index in [1.807, 2.05) is 42.2 Å². The zero-order valence-electron chi connectivity index (χ0n) is 21.0. The van der Waals surface area contributed by atoms with Crippen LogP contribution in [0.15, 0.2) is 65.7 Å². The highest BCUT2D eigenvalue weighted by molar-refractivity contribution is 7.91. The van der Waals surface area contributed by atoms with Crippen molar-refractivity contribution in [3.8, 4) is 0 Å². The van der Waals surface area contributed by atoms with Gasteiger partial charge in [0, 0.05) is 23.9 Å². The zero-order chi connectivity index (χ0) is 26.0. The molecule has 0 aliphatic carbocycles. The summed E-state index contributed by atoms with van der Waals surface area (Å²) in [6, 6.07) is 16.5. The van der Waals surface area contributed by atoms with Gasteiger partial charge in [-0.1, -0.05) is 56.7 Å². The molecule has 4 rings (SSSR count). The minimum absolute atomic E-state index is 0.00191. The van der Waals surface area contributed by atoms with Crippen LogP contribution in [0.1, 0.15) is 69.9 Å². The van der Waals surface area contributed by atoms with Gasteiger partial charge in [0.1, 0.15) is 0 Å². The minimum atomic E-state index is -3.32. The molecule has 0 saturated carbocycles. The number of benzene rings is 2. The maximum absolute atomic E-state index is 13.4. The molecule has 2 amide bonds. The number of carbonyl (C=O) groups excluding carboxylic acids is 2. The Morgan fingerprint density at radius 3 is 2.42 bits per heavy atom. The van der Waals surface area contributed by atoms with Crippen molar-refractivity contribution in [2.45, 2.75) is 51.7 Å². The van der Waals surface area contributed by atoms with Gasteiger partial charge >= 0.3 is 0 Å². The van der Waals surface area contributed by atoms with Crippen LogP contribution in [0, 0.1) is 12.8 Å². The molecule has 1 aromatic heterocycles. The van der Waals surface area contributed by atoms with Gasteiger partial charge in [-0.05, 0) is 48.2 Å². The highest BCUT2D eigenvalue weighted by Gasteiger charge is 2.38. The molecular formula is C28H31N3O4S. The smallest absolute Gasteiger partial charge is 0.255 e. The van der Waals surface area contributed by atoms with Crippen LogP contribution in [0.5, 0.6) is 0 Å². The van der Waals surface area contributed by atoms with Crippen LogP contribution < -0.4 is 5.32 Å². The van der Waals surface area contributed by atoms with Crippen molar-refractivity contribution in [3.05, 3.63) is 94.3 Å². The lowest BCUT2D eigenvalue weighted by Gasteiger charge is -2.28. The summed E-state index contributed by atoms with van der Waals surface area (Å²) in [5, 5.41) is 2.81. The number of fused-ring (bicyclic) bond motifs is 1. The molecule has 0 bridgehead atoms. The predicted molar refractivity (Wildman–Crippen MR) is 138 cm³/mol. The molecule has 1 atom stereocenters. The molecule has 1 N–H and O–H groups in total. The first-order valence-corrected chi connectivity index (χ1v) is 13.7. The van der Waals surface area contributed by atoms with Crippen LogP contribution >= 0.6 is 0 Å². The normalized spacial score (nSPS) is 15.3. The first-order chi connectivity index (χ1) is 17.1. The highest BCUT2D eigenvalue weighted by atomic mass is 32.2. The van der Waals surface area contributed by atoms with Crippen LogP contribution in [0.2, 0.25) is 0 Å². The molecule has 0 spiro atoms. The maximum Gasteiger partial charge on any atom is 0.255 e. The molecule has 2 heterocycles. The Kier molecular flexibility index (Phi) is 7.26. The van der Waals surface area contributed by atoms with E-state index in [1.54, 1.807) is 25.1 Å². The largest absolute Gasteiger partial charge is 0.346 e. The quantitative estimate of drug-likeness (QED) is 0.487. The van der Waals surface area contributed by atoms with Crippen molar-refractivity contribution in [1.82, 2.24) is 15.2 Å². The molecule has 2 aromatic carbocycles. The molecular weight excluding hydrogens is 474 g/mol. The van der Waals surface area contributed by atoms with Crippen molar-refractivity contribution in [3.63, 3.8) is 0 Å². The summed E-state index contributed by atoms with van der Waals surface area (Å²) in [5.74, 6) is -0.183. The Bertz CT molecular complexity index is 1380. The Labute approximate surface area is 212 Å². The standard InChI is InChI=1S/C28H31N3O4S/c1-5-36(34,35)23-12-11-22(29-16-23)15-30-27(32)21-10-13-24-25(14-21)28(33)31(26(24)18(2)3)17-20-8-6-19(4)7-9-20/h6-14,16,18,26H,5,15,17H2,1-4H3,(H,30,32). The summed E-state index contributed by atoms with van der Waals surface area (Å²) in [5.41, 5.74) is 4.67. The van der Waals surface area contributed by atoms with E-state index >= 15 is 0 Å². The number of carbonyl (C=O) groups is 2. The van der Waals surface area contributed by atoms with Gasteiger partial charge in [0.25, 0.3) is 11.8 Å². The maximum atomic E-state index is 13.4. The van der Waals surface area contributed by atoms with Crippen LogP contribution in [0.25, 0.3) is 0 Å². The number of aromatic nitrogens is 1. The van der Waals surface area contributed by atoms with Gasteiger partial charge in [-0.2, -0.15) is 0 Å². The van der Waals surface area contributed by atoms with Crippen molar-refractivity contribution in [2.24, 2.45) is 5.92 Å². The van der Waals surface area contributed by atoms with Gasteiger partial charge in [0.15, 0.2) is 9.84 Å². The predicted octanol–water partition coefficient (Wildman–Crippen LogP) is 4.47. The molecule has 7 nitrogen and oxygen atoms in total. The second-order valence-corrected chi connectivity index (χ2v) is 11.8. The van der Waals surface area contributed by atoms with Gasteiger partial charge in [-0.25, -0.2) is 8.42 Å². The number of amides is 2. The highest BCUT2D eigenvalue weighted by Crippen LogP contribution is 2.40. The van der Waals surface area contributed by atoms with Gasteiger partial charge < -0.3 is 10.2 Å². The fraction of sp³-hybridized carbons (Fsp3) is 0.321. The first kappa shape index (κ1) is 25.6. The minimum Gasteiger partial charge on any atom is -0.346 e. The Morgan fingerprint density at radius 2 is 1.81 bits per heavy atom. The number of hydrogen-bond donors (Lipinski definition) is 1. The SMILES string of the molecule is CCS(=O)(=O)c1ccc(CNC(=O)c2ccc3c(c2)C(=O)N(Cc2ccc(C)cc2)C3C(C)C)nc1. The van der Waals surface area contributed by atoms with E-state index in [-0.39, 0.29) is 41.0 Å². The average Bonchev–Trinajstić information content (AvgIpc) is 3.15. The molecule has 188 valence electrons. The Balaban J connectivity index is 1.49. The number of rotatable bonds is 8. The molecule has 3 aromatic rings. The lowest BCUT2D eigenvalue weighted by Crippen LogP contribution is -2.30. The van der Waals surface area contributed by atoms with Crippen molar-refractivity contribution in [2.75, 3.05) is 5.75 Å². The molecule has 1 aliphatic rings. The second-order valence-electron chi connectivity index (χ2n) is 9.48. The molecule has 1 unspecified atom stereocenters. The lowest BCUT2D eigenvalue weighted by atomic mass is 9.94. The number of nitrogens with zero attached hydrogens (tertiary/aromatic N) is 2. The molecule has 0 radical (unpaired) electrons. The Hall–Kier alpha value is -3.52. The van der Waals surface area contributed by atoms with E-state index in [4.69, 9.17) is 0 Å². The molecule has 36 heavy (non-hydrogen) atoms. The van der Waals surface area contributed by atoms with E-state index in [1.165, 1.54) is 17.8 Å². The van der Waals surface area contributed by atoms with Crippen LogP contribution in [0.4, 0.5) is 0 Å². The van der Waals surface area contributed by atoms with Crippen LogP contribution in [-0.2, 0) is 22.9 Å². The third kappa shape index (κ3) is 5.18. The monoisotopic (exact) mass is 505 g/mol. The Morgan fingerprint density at radius 1 is 1.08 bits per heavy atom. The summed E-state index contributed by atoms with van der Waals surface area (Å²) < 4.78 is 23.9. The van der Waals surface area contributed by atoms with Crippen molar-refractivity contribution < 1.29 is 18.0 Å². The van der Waals surface area contributed by atoms with Gasteiger partial charge in [-0.3, -0.25) is 14.6 Å². The van der Waals surface area contributed by atoms with E-state index in [0.717, 1.165) is 11.1 Å². The average molecular weight is 506 g/mol. The lowest BCUT2D eigenvalue weighted by molar-refractivity contribution is 0.0665.